The average molecular weight is 512 g/mol. The van der Waals surface area contributed by atoms with E-state index in [1.165, 1.54) is 11.3 Å². The number of anilines is 3. The first kappa shape index (κ1) is 22.9. The van der Waals surface area contributed by atoms with Crippen molar-refractivity contribution in [3.05, 3.63) is 70.7 Å². The van der Waals surface area contributed by atoms with E-state index in [4.69, 9.17) is 20.6 Å². The number of benzene rings is 2. The SMILES string of the molecule is C#Cc1nc(-c2nnc(N[C@H]3N=C(c4ccccc4)c4ccccc4NC3=O)o2)c(N2CCOCC2)s1. The highest BCUT2D eigenvalue weighted by Gasteiger charge is 2.28. The van der Waals surface area contributed by atoms with Crippen molar-refractivity contribution < 1.29 is 13.9 Å². The van der Waals surface area contributed by atoms with Crippen LogP contribution in [0.4, 0.5) is 16.7 Å². The maximum Gasteiger partial charge on any atom is 0.317 e. The Morgan fingerprint density at radius 1 is 1.08 bits per heavy atom. The van der Waals surface area contributed by atoms with Crippen molar-refractivity contribution in [3.63, 3.8) is 0 Å². The number of fused-ring (bicyclic) bond motifs is 1. The van der Waals surface area contributed by atoms with Gasteiger partial charge in [-0.15, -0.1) is 11.5 Å². The number of hydrogen-bond acceptors (Lipinski definition) is 10. The third-order valence-electron chi connectivity index (χ3n) is 5.91. The van der Waals surface area contributed by atoms with Gasteiger partial charge in [-0.05, 0) is 12.0 Å². The van der Waals surface area contributed by atoms with E-state index in [0.717, 1.165) is 16.1 Å². The van der Waals surface area contributed by atoms with E-state index in [2.05, 4.69) is 36.6 Å². The lowest BCUT2D eigenvalue weighted by Gasteiger charge is -2.27. The summed E-state index contributed by atoms with van der Waals surface area (Å²) < 4.78 is 11.4. The zero-order valence-electron chi connectivity index (χ0n) is 19.5. The summed E-state index contributed by atoms with van der Waals surface area (Å²) in [6.45, 7) is 2.64. The minimum absolute atomic E-state index is 0.0421. The minimum atomic E-state index is -1.01. The molecule has 0 bridgehead atoms. The number of rotatable bonds is 5. The molecule has 0 unspecified atom stereocenters. The van der Waals surface area contributed by atoms with Gasteiger partial charge in [0.2, 0.25) is 6.17 Å². The number of thiazole rings is 1. The molecule has 1 amide bonds. The van der Waals surface area contributed by atoms with Gasteiger partial charge in [-0.1, -0.05) is 65.0 Å². The van der Waals surface area contributed by atoms with Gasteiger partial charge in [0.15, 0.2) is 10.7 Å². The number of nitrogens with one attached hydrogen (secondary N) is 2. The van der Waals surface area contributed by atoms with E-state index in [9.17, 15) is 4.79 Å². The normalized spacial score (nSPS) is 17.3. The number of ether oxygens (including phenoxy) is 1. The van der Waals surface area contributed by atoms with Crippen LogP contribution in [-0.2, 0) is 9.53 Å². The van der Waals surface area contributed by atoms with Gasteiger partial charge >= 0.3 is 6.01 Å². The van der Waals surface area contributed by atoms with Gasteiger partial charge in [-0.25, -0.2) is 9.98 Å². The van der Waals surface area contributed by atoms with Crippen molar-refractivity contribution in [2.45, 2.75) is 6.17 Å². The molecule has 4 aromatic rings. The molecule has 1 saturated heterocycles. The van der Waals surface area contributed by atoms with Crippen LogP contribution in [-0.4, -0.2) is 59.3 Å². The molecule has 11 heteroatoms. The van der Waals surface area contributed by atoms with Crippen LogP contribution in [0.25, 0.3) is 11.6 Å². The van der Waals surface area contributed by atoms with Crippen LogP contribution >= 0.6 is 11.3 Å². The second-order valence-electron chi connectivity index (χ2n) is 8.25. The van der Waals surface area contributed by atoms with Crippen LogP contribution in [0.5, 0.6) is 0 Å². The average Bonchev–Trinajstić information content (AvgIpc) is 3.56. The molecule has 1 fully saturated rings. The van der Waals surface area contributed by atoms with E-state index in [1.807, 2.05) is 54.6 Å². The number of aromatic nitrogens is 3. The second-order valence-corrected chi connectivity index (χ2v) is 9.23. The smallest absolute Gasteiger partial charge is 0.317 e. The predicted molar refractivity (Wildman–Crippen MR) is 141 cm³/mol. The van der Waals surface area contributed by atoms with Crippen LogP contribution in [0.3, 0.4) is 0 Å². The summed E-state index contributed by atoms with van der Waals surface area (Å²) in [6, 6.07) is 17.3. The van der Waals surface area contributed by atoms with Gasteiger partial charge in [0, 0.05) is 24.2 Å². The van der Waals surface area contributed by atoms with E-state index < -0.39 is 6.17 Å². The number of para-hydroxylation sites is 1. The summed E-state index contributed by atoms with van der Waals surface area (Å²) >= 11 is 1.39. The topological polar surface area (TPSA) is 118 Å². The van der Waals surface area contributed by atoms with Crippen LogP contribution in [0, 0.1) is 12.3 Å². The monoisotopic (exact) mass is 511 g/mol. The van der Waals surface area contributed by atoms with Crippen molar-refractivity contribution in [2.24, 2.45) is 4.99 Å². The Kier molecular flexibility index (Phi) is 6.10. The second kappa shape index (κ2) is 9.85. The lowest BCUT2D eigenvalue weighted by atomic mass is 10.0. The maximum atomic E-state index is 13.1. The Morgan fingerprint density at radius 3 is 2.68 bits per heavy atom. The third-order valence-corrected chi connectivity index (χ3v) is 6.96. The summed E-state index contributed by atoms with van der Waals surface area (Å²) in [6.07, 6.45) is 4.60. The number of nitrogens with zero attached hydrogens (tertiary/aromatic N) is 5. The fourth-order valence-corrected chi connectivity index (χ4v) is 5.09. The van der Waals surface area contributed by atoms with Crippen LogP contribution < -0.4 is 15.5 Å². The van der Waals surface area contributed by atoms with Crippen molar-refractivity contribution in [1.29, 1.82) is 0 Å². The summed E-state index contributed by atoms with van der Waals surface area (Å²) in [5.41, 5.74) is 3.54. The number of morpholine rings is 1. The van der Waals surface area contributed by atoms with Gasteiger partial charge in [-0.3, -0.25) is 4.79 Å². The summed E-state index contributed by atoms with van der Waals surface area (Å²) in [7, 11) is 0. The molecule has 2 aromatic heterocycles. The van der Waals surface area contributed by atoms with E-state index in [1.54, 1.807) is 0 Å². The van der Waals surface area contributed by atoms with Gasteiger partial charge in [0.05, 0.1) is 24.6 Å². The molecule has 0 saturated carbocycles. The Hall–Kier alpha value is -4.53. The molecule has 1 atom stereocenters. The zero-order chi connectivity index (χ0) is 25.2. The van der Waals surface area contributed by atoms with Crippen LogP contribution in [0.15, 0.2) is 64.0 Å². The van der Waals surface area contributed by atoms with Crippen molar-refractivity contribution in [1.82, 2.24) is 15.2 Å². The molecule has 2 aliphatic rings. The highest BCUT2D eigenvalue weighted by atomic mass is 32.1. The molecule has 4 heterocycles. The van der Waals surface area contributed by atoms with Gasteiger partial charge in [-0.2, -0.15) is 0 Å². The highest BCUT2D eigenvalue weighted by Crippen LogP contribution is 2.36. The predicted octanol–water partition coefficient (Wildman–Crippen LogP) is 3.24. The number of hydrogen-bond donors (Lipinski definition) is 2. The number of benzodiazepines with no additional fused rings is 1. The molecule has 6 rings (SSSR count). The van der Waals surface area contributed by atoms with Crippen LogP contribution in [0.1, 0.15) is 16.1 Å². The molecule has 10 nitrogen and oxygen atoms in total. The number of carbonyl (C=O) groups excluding carboxylic acids is 1. The standard InChI is InChI=1S/C26H21N7O3S/c1-2-19-28-21(25(37-19)33-12-14-35-15-13-33)24-31-32-26(36-24)30-22-23(34)27-18-11-7-6-10-17(18)20(29-22)16-8-4-3-5-9-16/h1,3-11,22H,12-15H2,(H,27,34)(H,30,32)/t22-/m1/s1. The number of carbonyl (C=O) groups is 1. The van der Waals surface area contributed by atoms with Gasteiger partial charge in [0.25, 0.3) is 11.8 Å². The van der Waals surface area contributed by atoms with E-state index in [0.29, 0.717) is 48.4 Å². The fraction of sp³-hybridized carbons (Fsp3) is 0.192. The molecule has 2 aromatic carbocycles. The zero-order valence-corrected chi connectivity index (χ0v) is 20.4. The van der Waals surface area contributed by atoms with Crippen molar-refractivity contribution >= 4 is 39.7 Å². The van der Waals surface area contributed by atoms with E-state index >= 15 is 0 Å². The quantitative estimate of drug-likeness (QED) is 0.392. The summed E-state index contributed by atoms with van der Waals surface area (Å²) in [4.78, 5) is 24.5. The number of terminal acetylenes is 1. The Morgan fingerprint density at radius 2 is 1.86 bits per heavy atom. The van der Waals surface area contributed by atoms with Crippen molar-refractivity contribution in [3.8, 4) is 23.9 Å². The Bertz CT molecular complexity index is 1520. The number of amides is 1. The Labute approximate surface area is 216 Å². The molecule has 0 aliphatic carbocycles. The van der Waals surface area contributed by atoms with Crippen LogP contribution in [0.2, 0.25) is 0 Å². The molecule has 2 aliphatic heterocycles. The highest BCUT2D eigenvalue weighted by molar-refractivity contribution is 7.16. The molecule has 37 heavy (non-hydrogen) atoms. The lowest BCUT2D eigenvalue weighted by Crippen LogP contribution is -2.35. The largest absolute Gasteiger partial charge is 0.402 e. The third kappa shape index (κ3) is 4.55. The summed E-state index contributed by atoms with van der Waals surface area (Å²) in [5, 5.41) is 15.6. The summed E-state index contributed by atoms with van der Waals surface area (Å²) in [5.74, 6) is 2.43. The molecular weight excluding hydrogens is 490 g/mol. The molecule has 2 N–H and O–H groups in total. The molecule has 184 valence electrons. The maximum absolute atomic E-state index is 13.1. The van der Waals surface area contributed by atoms with Gasteiger partial charge in [0.1, 0.15) is 5.00 Å². The number of aliphatic imine (C=N–C) groups is 1. The first-order chi connectivity index (χ1) is 18.2. The van der Waals surface area contributed by atoms with Crippen molar-refractivity contribution in [2.75, 3.05) is 41.8 Å². The fourth-order valence-electron chi connectivity index (χ4n) is 4.17. The van der Waals surface area contributed by atoms with Gasteiger partial charge < -0.3 is 24.7 Å². The molecular formula is C26H21N7O3S. The van der Waals surface area contributed by atoms with E-state index in [-0.39, 0.29) is 17.8 Å². The molecule has 0 radical (unpaired) electrons. The first-order valence-corrected chi connectivity index (χ1v) is 12.5. The minimum Gasteiger partial charge on any atom is -0.402 e. The Balaban J connectivity index is 1.32. The first-order valence-electron chi connectivity index (χ1n) is 11.6. The molecule has 0 spiro atoms. The lowest BCUT2D eigenvalue weighted by molar-refractivity contribution is -0.116.